The number of anilines is 1. The van der Waals surface area contributed by atoms with E-state index in [0.29, 0.717) is 24.9 Å². The lowest BCUT2D eigenvalue weighted by Crippen LogP contribution is -2.48. The van der Waals surface area contributed by atoms with Crippen LogP contribution in [0.25, 0.3) is 0 Å². The van der Waals surface area contributed by atoms with Gasteiger partial charge in [-0.05, 0) is 42.1 Å². The fourth-order valence-corrected chi connectivity index (χ4v) is 3.74. The number of hydrogen-bond donors (Lipinski definition) is 1. The smallest absolute Gasteiger partial charge is 0.252 e. The summed E-state index contributed by atoms with van der Waals surface area (Å²) >= 11 is 1.50. The van der Waals surface area contributed by atoms with Crippen molar-refractivity contribution in [1.29, 1.82) is 0 Å². The highest BCUT2D eigenvalue weighted by Gasteiger charge is 2.21. The summed E-state index contributed by atoms with van der Waals surface area (Å²) in [4.78, 5) is 28.4. The minimum absolute atomic E-state index is 0.0724. The summed E-state index contributed by atoms with van der Waals surface area (Å²) in [5.74, 6) is 0.935. The molecule has 1 fully saturated rings. The Balaban J connectivity index is 1.36. The molecule has 1 aliphatic heterocycles. The van der Waals surface area contributed by atoms with Crippen LogP contribution in [-0.2, 0) is 4.79 Å². The normalized spacial score (nSPS) is 14.1. The number of piperazine rings is 1. The van der Waals surface area contributed by atoms with Crippen molar-refractivity contribution in [3.05, 3.63) is 46.7 Å². The monoisotopic (exact) mass is 387 g/mol. The summed E-state index contributed by atoms with van der Waals surface area (Å²) in [6, 6.07) is 9.81. The summed E-state index contributed by atoms with van der Waals surface area (Å²) in [6.45, 7) is 3.63. The Morgan fingerprint density at radius 1 is 1.11 bits per heavy atom. The number of hydrogen-bond acceptors (Lipinski definition) is 5. The van der Waals surface area contributed by atoms with Crippen molar-refractivity contribution in [2.24, 2.45) is 0 Å². The molecule has 0 radical (unpaired) electrons. The largest absolute Gasteiger partial charge is 0.497 e. The summed E-state index contributed by atoms with van der Waals surface area (Å²) in [5.41, 5.74) is 1.83. The molecule has 2 heterocycles. The van der Waals surface area contributed by atoms with E-state index in [0.717, 1.165) is 37.6 Å². The Morgan fingerprint density at radius 2 is 1.85 bits per heavy atom. The van der Waals surface area contributed by atoms with E-state index in [1.54, 1.807) is 13.2 Å². The first-order chi connectivity index (χ1) is 13.2. The van der Waals surface area contributed by atoms with Crippen LogP contribution >= 0.6 is 11.3 Å². The zero-order valence-electron chi connectivity index (χ0n) is 15.5. The van der Waals surface area contributed by atoms with Crippen molar-refractivity contribution >= 4 is 28.8 Å². The second-order valence-electron chi connectivity index (χ2n) is 6.44. The summed E-state index contributed by atoms with van der Waals surface area (Å²) < 4.78 is 5.19. The molecule has 1 saturated heterocycles. The lowest BCUT2D eigenvalue weighted by molar-refractivity contribution is -0.131. The average Bonchev–Trinajstić information content (AvgIpc) is 3.26. The molecule has 0 bridgehead atoms. The van der Waals surface area contributed by atoms with E-state index in [2.05, 4.69) is 10.2 Å². The van der Waals surface area contributed by atoms with Crippen LogP contribution in [0.2, 0.25) is 0 Å². The van der Waals surface area contributed by atoms with Crippen LogP contribution in [0.1, 0.15) is 23.2 Å². The number of amides is 2. The number of benzene rings is 1. The summed E-state index contributed by atoms with van der Waals surface area (Å²) in [5, 5.41) is 6.56. The molecular weight excluding hydrogens is 362 g/mol. The topological polar surface area (TPSA) is 61.9 Å². The van der Waals surface area contributed by atoms with Crippen LogP contribution in [0.4, 0.5) is 5.69 Å². The lowest BCUT2D eigenvalue weighted by Gasteiger charge is -2.36. The van der Waals surface area contributed by atoms with Gasteiger partial charge in [0.25, 0.3) is 5.91 Å². The molecule has 0 saturated carbocycles. The van der Waals surface area contributed by atoms with Gasteiger partial charge >= 0.3 is 0 Å². The maximum Gasteiger partial charge on any atom is 0.252 e. The van der Waals surface area contributed by atoms with Gasteiger partial charge in [-0.2, -0.15) is 11.3 Å². The zero-order chi connectivity index (χ0) is 19.1. The van der Waals surface area contributed by atoms with Gasteiger partial charge in [0.15, 0.2) is 0 Å². The van der Waals surface area contributed by atoms with Gasteiger partial charge in [0.05, 0.1) is 7.11 Å². The van der Waals surface area contributed by atoms with Gasteiger partial charge in [-0.3, -0.25) is 9.59 Å². The highest BCUT2D eigenvalue weighted by atomic mass is 32.1. The van der Waals surface area contributed by atoms with E-state index >= 15 is 0 Å². The molecule has 6 nitrogen and oxygen atoms in total. The summed E-state index contributed by atoms with van der Waals surface area (Å²) in [6.07, 6.45) is 1.12. The second kappa shape index (κ2) is 9.41. The van der Waals surface area contributed by atoms with Gasteiger partial charge in [-0.15, -0.1) is 0 Å². The molecule has 2 aromatic rings. The zero-order valence-corrected chi connectivity index (χ0v) is 16.3. The van der Waals surface area contributed by atoms with Crippen LogP contribution in [0.5, 0.6) is 5.75 Å². The number of ether oxygens (including phenoxy) is 1. The highest BCUT2D eigenvalue weighted by molar-refractivity contribution is 7.08. The molecule has 27 heavy (non-hydrogen) atoms. The Hall–Kier alpha value is -2.54. The SMILES string of the molecule is COc1ccc(N2CCN(C(=O)CCCNC(=O)c3ccsc3)CC2)cc1. The Morgan fingerprint density at radius 3 is 2.48 bits per heavy atom. The summed E-state index contributed by atoms with van der Waals surface area (Å²) in [7, 11) is 1.66. The van der Waals surface area contributed by atoms with E-state index in [9.17, 15) is 9.59 Å². The van der Waals surface area contributed by atoms with E-state index in [-0.39, 0.29) is 11.8 Å². The molecule has 0 atom stereocenters. The van der Waals surface area contributed by atoms with Gasteiger partial charge < -0.3 is 19.9 Å². The fraction of sp³-hybridized carbons (Fsp3) is 0.400. The number of rotatable bonds is 7. The number of nitrogens with zero attached hydrogens (tertiary/aromatic N) is 2. The van der Waals surface area contributed by atoms with Crippen molar-refractivity contribution in [1.82, 2.24) is 10.2 Å². The fourth-order valence-electron chi connectivity index (χ4n) is 3.10. The maximum atomic E-state index is 12.4. The predicted molar refractivity (Wildman–Crippen MR) is 108 cm³/mol. The molecule has 3 rings (SSSR count). The Bertz CT molecular complexity index is 738. The van der Waals surface area contributed by atoms with Crippen LogP contribution in [0, 0.1) is 0 Å². The first-order valence-corrected chi connectivity index (χ1v) is 10.1. The molecule has 1 aliphatic rings. The van der Waals surface area contributed by atoms with Crippen LogP contribution in [-0.4, -0.2) is 56.5 Å². The number of methoxy groups -OCH3 is 1. The van der Waals surface area contributed by atoms with E-state index < -0.39 is 0 Å². The van der Waals surface area contributed by atoms with Gasteiger partial charge in [-0.25, -0.2) is 0 Å². The van der Waals surface area contributed by atoms with Crippen molar-refractivity contribution in [2.45, 2.75) is 12.8 Å². The quantitative estimate of drug-likeness (QED) is 0.742. The van der Waals surface area contributed by atoms with Gasteiger partial charge in [0, 0.05) is 55.8 Å². The molecular formula is C20H25N3O3S. The van der Waals surface area contributed by atoms with E-state index in [4.69, 9.17) is 4.74 Å². The number of carbonyl (C=O) groups is 2. The standard InChI is InChI=1S/C20H25N3O3S/c1-26-18-6-4-17(5-7-18)22-10-12-23(13-11-22)19(24)3-2-9-21-20(25)16-8-14-27-15-16/h4-8,14-15H,2-3,9-13H2,1H3,(H,21,25). The average molecular weight is 388 g/mol. The van der Waals surface area contributed by atoms with E-state index in [1.807, 2.05) is 39.9 Å². The number of nitrogens with one attached hydrogen (secondary N) is 1. The molecule has 2 amide bonds. The van der Waals surface area contributed by atoms with Crippen LogP contribution in [0.15, 0.2) is 41.1 Å². The molecule has 7 heteroatoms. The number of thiophene rings is 1. The third kappa shape index (κ3) is 5.23. The van der Waals surface area contributed by atoms with E-state index in [1.165, 1.54) is 11.3 Å². The first-order valence-electron chi connectivity index (χ1n) is 9.14. The van der Waals surface area contributed by atoms with Crippen molar-refractivity contribution in [3.8, 4) is 5.75 Å². The first kappa shape index (κ1) is 19.2. The predicted octanol–water partition coefficient (Wildman–Crippen LogP) is 2.62. The minimum Gasteiger partial charge on any atom is -0.497 e. The van der Waals surface area contributed by atoms with Crippen LogP contribution in [0.3, 0.4) is 0 Å². The lowest BCUT2D eigenvalue weighted by atomic mass is 10.2. The third-order valence-electron chi connectivity index (χ3n) is 4.71. The van der Waals surface area contributed by atoms with Gasteiger partial charge in [0.1, 0.15) is 5.75 Å². The Kier molecular flexibility index (Phi) is 6.70. The molecule has 1 aromatic heterocycles. The number of carbonyl (C=O) groups excluding carboxylic acids is 2. The molecule has 1 N–H and O–H groups in total. The van der Waals surface area contributed by atoms with Gasteiger partial charge in [-0.1, -0.05) is 0 Å². The third-order valence-corrected chi connectivity index (χ3v) is 5.39. The van der Waals surface area contributed by atoms with Crippen molar-refractivity contribution in [3.63, 3.8) is 0 Å². The molecule has 144 valence electrons. The Labute approximate surface area is 163 Å². The van der Waals surface area contributed by atoms with Gasteiger partial charge in [0.2, 0.25) is 5.91 Å². The molecule has 0 spiro atoms. The minimum atomic E-state index is -0.0724. The second-order valence-corrected chi connectivity index (χ2v) is 7.22. The van der Waals surface area contributed by atoms with Crippen molar-refractivity contribution in [2.75, 3.05) is 44.7 Å². The molecule has 1 aromatic carbocycles. The maximum absolute atomic E-state index is 12.4. The molecule has 0 aliphatic carbocycles. The highest BCUT2D eigenvalue weighted by Crippen LogP contribution is 2.20. The van der Waals surface area contributed by atoms with Crippen molar-refractivity contribution < 1.29 is 14.3 Å². The van der Waals surface area contributed by atoms with Crippen LogP contribution < -0.4 is 15.0 Å². The molecule has 0 unspecified atom stereocenters.